The van der Waals surface area contributed by atoms with Crippen molar-refractivity contribution in [2.75, 3.05) is 31.7 Å². The molecule has 4 nitrogen and oxygen atoms in total. The van der Waals surface area contributed by atoms with Gasteiger partial charge >= 0.3 is 0 Å². The minimum Gasteiger partial charge on any atom is -0.496 e. The molecule has 0 bridgehead atoms. The molecule has 1 aliphatic rings. The van der Waals surface area contributed by atoms with Crippen LogP contribution in [0.3, 0.4) is 0 Å². The molecule has 2 atom stereocenters. The molecular formula is C17H27NO3S. The standard InChI is InChI=1S/C17H27NO3S/c1-4-22(19,20)12-11-18-13-14(2)9-10-16(18)15-7-5-6-8-17(15)21-3/h5-8,14,16H,4,9-13H2,1-3H3. The Hall–Kier alpha value is -1.07. The molecule has 1 saturated heterocycles. The molecule has 1 heterocycles. The topological polar surface area (TPSA) is 46.6 Å². The van der Waals surface area contributed by atoms with Gasteiger partial charge in [0, 0.05) is 30.4 Å². The van der Waals surface area contributed by atoms with Gasteiger partial charge in [-0.2, -0.15) is 0 Å². The lowest BCUT2D eigenvalue weighted by molar-refractivity contribution is 0.119. The van der Waals surface area contributed by atoms with E-state index in [2.05, 4.69) is 17.9 Å². The molecule has 0 aliphatic carbocycles. The van der Waals surface area contributed by atoms with Gasteiger partial charge in [0.05, 0.1) is 12.9 Å². The lowest BCUT2D eigenvalue weighted by Gasteiger charge is -2.39. The van der Waals surface area contributed by atoms with Gasteiger partial charge in [0.15, 0.2) is 9.84 Å². The van der Waals surface area contributed by atoms with E-state index in [4.69, 9.17) is 4.74 Å². The summed E-state index contributed by atoms with van der Waals surface area (Å²) in [4.78, 5) is 2.32. The van der Waals surface area contributed by atoms with E-state index in [0.717, 1.165) is 18.7 Å². The van der Waals surface area contributed by atoms with Crippen LogP contribution in [0.1, 0.15) is 38.3 Å². The number of hydrogen-bond acceptors (Lipinski definition) is 4. The maximum atomic E-state index is 11.8. The molecule has 22 heavy (non-hydrogen) atoms. The zero-order valence-corrected chi connectivity index (χ0v) is 14.6. The van der Waals surface area contributed by atoms with Crippen molar-refractivity contribution < 1.29 is 13.2 Å². The van der Waals surface area contributed by atoms with E-state index in [1.807, 2.05) is 18.2 Å². The summed E-state index contributed by atoms with van der Waals surface area (Å²) in [7, 11) is -1.24. The number of piperidine rings is 1. The molecule has 5 heteroatoms. The Morgan fingerprint density at radius 2 is 2.00 bits per heavy atom. The average Bonchev–Trinajstić information content (AvgIpc) is 2.53. The van der Waals surface area contributed by atoms with Crippen molar-refractivity contribution in [1.29, 1.82) is 0 Å². The van der Waals surface area contributed by atoms with E-state index in [9.17, 15) is 8.42 Å². The van der Waals surface area contributed by atoms with E-state index in [1.165, 1.54) is 12.0 Å². The highest BCUT2D eigenvalue weighted by molar-refractivity contribution is 7.91. The number of para-hydroxylation sites is 1. The molecule has 0 amide bonds. The van der Waals surface area contributed by atoms with Crippen LogP contribution in [0.15, 0.2) is 24.3 Å². The monoisotopic (exact) mass is 325 g/mol. The number of nitrogens with zero attached hydrogens (tertiary/aromatic N) is 1. The fourth-order valence-corrected chi connectivity index (χ4v) is 3.99. The fraction of sp³-hybridized carbons (Fsp3) is 0.647. The number of likely N-dealkylation sites (tertiary alicyclic amines) is 1. The van der Waals surface area contributed by atoms with Crippen LogP contribution in [0.2, 0.25) is 0 Å². The Bertz CT molecular complexity index is 585. The summed E-state index contributed by atoms with van der Waals surface area (Å²) in [5, 5.41) is 0. The van der Waals surface area contributed by atoms with Gasteiger partial charge < -0.3 is 4.74 Å². The molecule has 124 valence electrons. The SMILES string of the molecule is CCS(=O)(=O)CCN1CC(C)CCC1c1ccccc1OC. The average molecular weight is 325 g/mol. The molecule has 0 N–H and O–H groups in total. The van der Waals surface area contributed by atoms with Crippen LogP contribution in [-0.2, 0) is 9.84 Å². The molecule has 1 aromatic rings. The van der Waals surface area contributed by atoms with Crippen LogP contribution in [0.25, 0.3) is 0 Å². The van der Waals surface area contributed by atoms with Crippen molar-refractivity contribution in [3.8, 4) is 5.75 Å². The Morgan fingerprint density at radius 3 is 2.68 bits per heavy atom. The van der Waals surface area contributed by atoms with Gasteiger partial charge in [-0.15, -0.1) is 0 Å². The van der Waals surface area contributed by atoms with Crippen LogP contribution >= 0.6 is 0 Å². The molecule has 0 aromatic heterocycles. The van der Waals surface area contributed by atoms with Crippen molar-refractivity contribution in [3.63, 3.8) is 0 Å². The molecule has 1 aliphatic heterocycles. The summed E-state index contributed by atoms with van der Waals surface area (Å²) in [6.45, 7) is 5.50. The smallest absolute Gasteiger partial charge is 0.151 e. The first-order chi connectivity index (χ1) is 10.5. The van der Waals surface area contributed by atoms with Gasteiger partial charge in [-0.1, -0.05) is 32.0 Å². The lowest BCUT2D eigenvalue weighted by Crippen LogP contribution is -2.40. The quantitative estimate of drug-likeness (QED) is 0.807. The number of rotatable bonds is 6. The van der Waals surface area contributed by atoms with Gasteiger partial charge in [0.2, 0.25) is 0 Å². The summed E-state index contributed by atoms with van der Waals surface area (Å²) in [6, 6.07) is 8.32. The number of sulfone groups is 1. The predicted octanol–water partition coefficient (Wildman–Crippen LogP) is 2.90. The molecule has 0 spiro atoms. The number of hydrogen-bond donors (Lipinski definition) is 0. The van der Waals surface area contributed by atoms with Gasteiger partial charge in [0.1, 0.15) is 5.75 Å². The maximum absolute atomic E-state index is 11.8. The van der Waals surface area contributed by atoms with Gasteiger partial charge in [-0.3, -0.25) is 4.90 Å². The first-order valence-electron chi connectivity index (χ1n) is 8.04. The van der Waals surface area contributed by atoms with Gasteiger partial charge in [-0.25, -0.2) is 8.42 Å². The van der Waals surface area contributed by atoms with Crippen molar-refractivity contribution >= 4 is 9.84 Å². The van der Waals surface area contributed by atoms with E-state index < -0.39 is 9.84 Å². The molecular weight excluding hydrogens is 298 g/mol. The second-order valence-corrected chi connectivity index (χ2v) is 8.64. The maximum Gasteiger partial charge on any atom is 0.151 e. The zero-order valence-electron chi connectivity index (χ0n) is 13.8. The summed E-state index contributed by atoms with van der Waals surface area (Å²) in [5.41, 5.74) is 1.17. The van der Waals surface area contributed by atoms with Crippen LogP contribution in [0.4, 0.5) is 0 Å². The van der Waals surface area contributed by atoms with Crippen molar-refractivity contribution in [2.24, 2.45) is 5.92 Å². The molecule has 2 unspecified atom stereocenters. The minimum absolute atomic E-state index is 0.218. The Labute approximate surface area is 134 Å². The molecule has 2 rings (SSSR count). The van der Waals surface area contributed by atoms with Gasteiger partial charge in [0.25, 0.3) is 0 Å². The van der Waals surface area contributed by atoms with Crippen molar-refractivity contribution in [2.45, 2.75) is 32.7 Å². The Balaban J connectivity index is 2.19. The van der Waals surface area contributed by atoms with Crippen molar-refractivity contribution in [1.82, 2.24) is 4.90 Å². The van der Waals surface area contributed by atoms with Crippen LogP contribution < -0.4 is 4.74 Å². The number of benzene rings is 1. The lowest BCUT2D eigenvalue weighted by atomic mass is 9.89. The molecule has 0 radical (unpaired) electrons. The summed E-state index contributed by atoms with van der Waals surface area (Å²) in [5.74, 6) is 1.96. The molecule has 0 saturated carbocycles. The third-order valence-corrected chi connectivity index (χ3v) is 6.23. The second kappa shape index (κ2) is 7.47. The fourth-order valence-electron chi connectivity index (χ4n) is 3.19. The largest absolute Gasteiger partial charge is 0.496 e. The van der Waals surface area contributed by atoms with Crippen LogP contribution in [-0.4, -0.2) is 45.0 Å². The summed E-state index contributed by atoms with van der Waals surface area (Å²) < 4.78 is 29.2. The summed E-state index contributed by atoms with van der Waals surface area (Å²) >= 11 is 0. The van der Waals surface area contributed by atoms with E-state index in [-0.39, 0.29) is 17.5 Å². The zero-order chi connectivity index (χ0) is 16.2. The minimum atomic E-state index is -2.93. The third kappa shape index (κ3) is 4.23. The van der Waals surface area contributed by atoms with E-state index >= 15 is 0 Å². The predicted molar refractivity (Wildman–Crippen MR) is 90.0 cm³/mol. The van der Waals surface area contributed by atoms with Crippen molar-refractivity contribution in [3.05, 3.63) is 29.8 Å². The highest BCUT2D eigenvalue weighted by Gasteiger charge is 2.29. The Morgan fingerprint density at radius 1 is 1.27 bits per heavy atom. The van der Waals surface area contributed by atoms with E-state index in [1.54, 1.807) is 14.0 Å². The normalized spacial score (nSPS) is 23.4. The first kappa shape index (κ1) is 17.3. The van der Waals surface area contributed by atoms with Crippen LogP contribution in [0, 0.1) is 5.92 Å². The number of ether oxygens (including phenoxy) is 1. The third-order valence-electron chi connectivity index (χ3n) is 4.55. The van der Waals surface area contributed by atoms with Crippen LogP contribution in [0.5, 0.6) is 5.75 Å². The second-order valence-electron chi connectivity index (χ2n) is 6.17. The highest BCUT2D eigenvalue weighted by Crippen LogP contribution is 2.37. The van der Waals surface area contributed by atoms with E-state index in [0.29, 0.717) is 12.5 Å². The first-order valence-corrected chi connectivity index (χ1v) is 9.86. The number of methoxy groups -OCH3 is 1. The molecule has 1 fully saturated rings. The highest BCUT2D eigenvalue weighted by atomic mass is 32.2. The summed E-state index contributed by atoms with van der Waals surface area (Å²) in [6.07, 6.45) is 2.22. The van der Waals surface area contributed by atoms with Gasteiger partial charge in [-0.05, 0) is 24.8 Å². The molecule has 1 aromatic carbocycles. The Kier molecular flexibility index (Phi) is 5.87.